The Labute approximate surface area is 94.8 Å². The molecule has 3 N–H and O–H groups in total. The van der Waals surface area contributed by atoms with E-state index in [9.17, 15) is 5.11 Å². The number of rotatable bonds is 4. The first kappa shape index (κ1) is 12.3. The third-order valence-electron chi connectivity index (χ3n) is 2.09. The van der Waals surface area contributed by atoms with E-state index in [0.717, 1.165) is 5.56 Å². The van der Waals surface area contributed by atoms with Gasteiger partial charge in [-0.1, -0.05) is 11.6 Å². The third kappa shape index (κ3) is 2.84. The van der Waals surface area contributed by atoms with E-state index in [-0.39, 0.29) is 6.54 Å². The predicted molar refractivity (Wildman–Crippen MR) is 61.4 cm³/mol. The van der Waals surface area contributed by atoms with E-state index in [1.165, 1.54) is 0 Å². The zero-order valence-electron chi connectivity index (χ0n) is 8.96. The van der Waals surface area contributed by atoms with E-state index in [0.29, 0.717) is 22.9 Å². The van der Waals surface area contributed by atoms with Crippen LogP contribution in [0.15, 0.2) is 12.1 Å². The van der Waals surface area contributed by atoms with Gasteiger partial charge in [-0.25, -0.2) is 0 Å². The highest BCUT2D eigenvalue weighted by atomic mass is 35.5. The van der Waals surface area contributed by atoms with Crippen LogP contribution in [0.2, 0.25) is 5.02 Å². The number of halogens is 1. The summed E-state index contributed by atoms with van der Waals surface area (Å²) < 4.78 is 5.40. The average molecular weight is 230 g/mol. The summed E-state index contributed by atoms with van der Waals surface area (Å²) in [6.07, 6.45) is -0.732. The molecule has 4 heteroatoms. The maximum Gasteiger partial charge on any atom is 0.143 e. The lowest BCUT2D eigenvalue weighted by molar-refractivity contribution is 0.180. The molecule has 1 aromatic carbocycles. The number of aryl methyl sites for hydroxylation is 1. The summed E-state index contributed by atoms with van der Waals surface area (Å²) in [6.45, 7) is 4.44. The van der Waals surface area contributed by atoms with E-state index in [2.05, 4.69) is 0 Å². The van der Waals surface area contributed by atoms with Crippen molar-refractivity contribution in [1.29, 1.82) is 0 Å². The number of aliphatic hydroxyl groups excluding tert-OH is 1. The molecule has 15 heavy (non-hydrogen) atoms. The number of hydrogen-bond acceptors (Lipinski definition) is 3. The molecule has 0 fully saturated rings. The molecule has 1 aromatic rings. The SMILES string of the molecule is CCOc1c(Cl)cc(C)cc1C(O)CN. The van der Waals surface area contributed by atoms with Crippen molar-refractivity contribution in [3.8, 4) is 5.75 Å². The second kappa shape index (κ2) is 5.35. The van der Waals surface area contributed by atoms with E-state index in [1.807, 2.05) is 19.9 Å². The van der Waals surface area contributed by atoms with Crippen molar-refractivity contribution in [2.24, 2.45) is 5.73 Å². The van der Waals surface area contributed by atoms with Gasteiger partial charge >= 0.3 is 0 Å². The van der Waals surface area contributed by atoms with Crippen LogP contribution in [0.3, 0.4) is 0 Å². The molecule has 0 radical (unpaired) electrons. The van der Waals surface area contributed by atoms with Gasteiger partial charge in [0.1, 0.15) is 5.75 Å². The van der Waals surface area contributed by atoms with Crippen molar-refractivity contribution >= 4 is 11.6 Å². The molecule has 1 atom stereocenters. The molecule has 0 aliphatic rings. The van der Waals surface area contributed by atoms with Gasteiger partial charge < -0.3 is 15.6 Å². The summed E-state index contributed by atoms with van der Waals surface area (Å²) in [5, 5.41) is 10.2. The molecule has 3 nitrogen and oxygen atoms in total. The van der Waals surface area contributed by atoms with Crippen LogP contribution in [0.5, 0.6) is 5.75 Å². The van der Waals surface area contributed by atoms with Gasteiger partial charge in [-0.15, -0.1) is 0 Å². The normalized spacial score (nSPS) is 12.6. The third-order valence-corrected chi connectivity index (χ3v) is 2.37. The van der Waals surface area contributed by atoms with Gasteiger partial charge in [-0.3, -0.25) is 0 Å². The molecule has 1 unspecified atom stereocenters. The molecule has 1 rings (SSSR count). The molecular weight excluding hydrogens is 214 g/mol. The molecule has 0 amide bonds. The minimum atomic E-state index is -0.732. The molecule has 0 aliphatic heterocycles. The van der Waals surface area contributed by atoms with Crippen LogP contribution < -0.4 is 10.5 Å². The second-order valence-electron chi connectivity index (χ2n) is 3.35. The fraction of sp³-hybridized carbons (Fsp3) is 0.455. The van der Waals surface area contributed by atoms with Crippen molar-refractivity contribution in [3.63, 3.8) is 0 Å². The fourth-order valence-electron chi connectivity index (χ4n) is 1.43. The van der Waals surface area contributed by atoms with E-state index in [4.69, 9.17) is 22.1 Å². The smallest absolute Gasteiger partial charge is 0.143 e. The van der Waals surface area contributed by atoms with Crippen molar-refractivity contribution in [1.82, 2.24) is 0 Å². The fourth-order valence-corrected chi connectivity index (χ4v) is 1.76. The Hall–Kier alpha value is -0.770. The Morgan fingerprint density at radius 1 is 1.53 bits per heavy atom. The van der Waals surface area contributed by atoms with Gasteiger partial charge in [0, 0.05) is 12.1 Å². The second-order valence-corrected chi connectivity index (χ2v) is 3.76. The van der Waals surface area contributed by atoms with Crippen molar-refractivity contribution < 1.29 is 9.84 Å². The van der Waals surface area contributed by atoms with Crippen molar-refractivity contribution in [2.45, 2.75) is 20.0 Å². The summed E-state index contributed by atoms with van der Waals surface area (Å²) >= 11 is 6.04. The van der Waals surface area contributed by atoms with E-state index < -0.39 is 6.10 Å². The topological polar surface area (TPSA) is 55.5 Å². The summed E-state index contributed by atoms with van der Waals surface area (Å²) in [5.41, 5.74) is 7.06. The number of ether oxygens (including phenoxy) is 1. The molecule has 0 saturated carbocycles. The highest BCUT2D eigenvalue weighted by Crippen LogP contribution is 2.33. The highest BCUT2D eigenvalue weighted by molar-refractivity contribution is 6.32. The number of nitrogens with two attached hydrogens (primary N) is 1. The number of aliphatic hydroxyl groups is 1. The Balaban J connectivity index is 3.20. The lowest BCUT2D eigenvalue weighted by atomic mass is 10.1. The minimum absolute atomic E-state index is 0.153. The van der Waals surface area contributed by atoms with Gasteiger partial charge in [0.2, 0.25) is 0 Å². The summed E-state index contributed by atoms with van der Waals surface area (Å²) in [5.74, 6) is 0.530. The first-order chi connectivity index (χ1) is 7.10. The van der Waals surface area contributed by atoms with Crippen LogP contribution in [0.1, 0.15) is 24.2 Å². The van der Waals surface area contributed by atoms with Crippen LogP contribution >= 0.6 is 11.6 Å². The van der Waals surface area contributed by atoms with Crippen molar-refractivity contribution in [2.75, 3.05) is 13.2 Å². The quantitative estimate of drug-likeness (QED) is 0.831. The van der Waals surface area contributed by atoms with Crippen LogP contribution in [-0.4, -0.2) is 18.3 Å². The maximum atomic E-state index is 9.72. The van der Waals surface area contributed by atoms with Gasteiger partial charge in [-0.05, 0) is 31.5 Å². The summed E-state index contributed by atoms with van der Waals surface area (Å²) in [7, 11) is 0. The van der Waals surface area contributed by atoms with Crippen molar-refractivity contribution in [3.05, 3.63) is 28.3 Å². The monoisotopic (exact) mass is 229 g/mol. The number of benzene rings is 1. The van der Waals surface area contributed by atoms with Gasteiger partial charge in [0.25, 0.3) is 0 Å². The minimum Gasteiger partial charge on any atom is -0.492 e. The Bertz CT molecular complexity index is 342. The highest BCUT2D eigenvalue weighted by Gasteiger charge is 2.15. The van der Waals surface area contributed by atoms with Gasteiger partial charge in [0.05, 0.1) is 17.7 Å². The van der Waals surface area contributed by atoms with E-state index >= 15 is 0 Å². The molecular formula is C11H16ClNO2. The summed E-state index contributed by atoms with van der Waals surface area (Å²) in [6, 6.07) is 3.65. The average Bonchev–Trinajstić information content (AvgIpc) is 2.20. The maximum absolute atomic E-state index is 9.72. The lowest BCUT2D eigenvalue weighted by Gasteiger charge is -2.16. The first-order valence-corrected chi connectivity index (χ1v) is 5.28. The number of hydrogen-bond donors (Lipinski definition) is 2. The molecule has 0 spiro atoms. The predicted octanol–water partition coefficient (Wildman–Crippen LogP) is 2.04. The van der Waals surface area contributed by atoms with Crippen LogP contribution in [-0.2, 0) is 0 Å². The Kier molecular flexibility index (Phi) is 4.39. The van der Waals surface area contributed by atoms with Crippen LogP contribution in [0.4, 0.5) is 0 Å². The van der Waals surface area contributed by atoms with Gasteiger partial charge in [-0.2, -0.15) is 0 Å². The molecule has 0 saturated heterocycles. The van der Waals surface area contributed by atoms with Gasteiger partial charge in [0.15, 0.2) is 0 Å². The first-order valence-electron chi connectivity index (χ1n) is 4.91. The molecule has 0 bridgehead atoms. The Morgan fingerprint density at radius 2 is 2.20 bits per heavy atom. The zero-order valence-corrected chi connectivity index (χ0v) is 9.71. The zero-order chi connectivity index (χ0) is 11.4. The molecule has 0 heterocycles. The Morgan fingerprint density at radius 3 is 2.73 bits per heavy atom. The molecule has 84 valence electrons. The standard InChI is InChI=1S/C11H16ClNO2/c1-3-15-11-8(10(14)6-13)4-7(2)5-9(11)12/h4-5,10,14H,3,6,13H2,1-2H3. The molecule has 0 aliphatic carbocycles. The molecule has 0 aromatic heterocycles. The van der Waals surface area contributed by atoms with Crippen LogP contribution in [0.25, 0.3) is 0 Å². The van der Waals surface area contributed by atoms with E-state index in [1.54, 1.807) is 6.07 Å². The lowest BCUT2D eigenvalue weighted by Crippen LogP contribution is -2.13. The summed E-state index contributed by atoms with van der Waals surface area (Å²) in [4.78, 5) is 0. The van der Waals surface area contributed by atoms with Crippen LogP contribution in [0, 0.1) is 6.92 Å². The largest absolute Gasteiger partial charge is 0.492 e.